The zero-order chi connectivity index (χ0) is 15.0. The molecule has 1 aromatic carbocycles. The average molecular weight is 291 g/mol. The Morgan fingerprint density at radius 2 is 1.90 bits per heavy atom. The molecule has 7 heteroatoms. The molecule has 0 bridgehead atoms. The summed E-state index contributed by atoms with van der Waals surface area (Å²) < 4.78 is 58.3. The van der Waals surface area contributed by atoms with Gasteiger partial charge in [-0.05, 0) is 12.1 Å². The highest BCUT2D eigenvalue weighted by Gasteiger charge is 2.40. The normalized spacial score (nSPS) is 11.4. The summed E-state index contributed by atoms with van der Waals surface area (Å²) in [6.45, 7) is -1.31. The Morgan fingerprint density at radius 3 is 2.55 bits per heavy atom. The van der Waals surface area contributed by atoms with Gasteiger partial charge >= 0.3 is 12.3 Å². The second-order valence-corrected chi connectivity index (χ2v) is 3.92. The van der Waals surface area contributed by atoms with Crippen molar-refractivity contribution in [1.29, 1.82) is 5.26 Å². The van der Waals surface area contributed by atoms with Crippen molar-refractivity contribution in [1.82, 2.24) is 0 Å². The van der Waals surface area contributed by atoms with E-state index in [9.17, 15) is 17.6 Å². The van der Waals surface area contributed by atoms with Crippen molar-refractivity contribution < 1.29 is 27.0 Å². The molecule has 0 radical (unpaired) electrons. The van der Waals surface area contributed by atoms with Crippen LogP contribution in [-0.2, 0) is 4.74 Å². The van der Waals surface area contributed by atoms with E-state index < -0.39 is 19.0 Å². The first-order chi connectivity index (χ1) is 9.47. The predicted octanol–water partition coefficient (Wildman–Crippen LogP) is 3.24. The zero-order valence-corrected chi connectivity index (χ0v) is 10.5. The molecule has 20 heavy (non-hydrogen) atoms. The van der Waals surface area contributed by atoms with Gasteiger partial charge < -0.3 is 9.47 Å². The van der Waals surface area contributed by atoms with Crippen LogP contribution in [0.4, 0.5) is 17.6 Å². The molecular weight excluding hydrogens is 278 g/mol. The number of ether oxygens (including phenoxy) is 2. The molecule has 0 fully saturated rings. The van der Waals surface area contributed by atoms with E-state index in [-0.39, 0.29) is 19.6 Å². The van der Waals surface area contributed by atoms with Gasteiger partial charge in [0.25, 0.3) is 0 Å². The number of nitrogens with zero attached hydrogens (tertiary/aromatic N) is 1. The van der Waals surface area contributed by atoms with Gasteiger partial charge in [-0.15, -0.1) is 0 Å². The van der Waals surface area contributed by atoms with Crippen molar-refractivity contribution in [2.24, 2.45) is 0 Å². The van der Waals surface area contributed by atoms with Gasteiger partial charge in [0, 0.05) is 6.42 Å². The quantitative estimate of drug-likeness (QED) is 0.545. The van der Waals surface area contributed by atoms with E-state index in [2.05, 4.69) is 4.74 Å². The third-order valence-corrected chi connectivity index (χ3v) is 2.31. The Bertz CT molecular complexity index is 460. The molecule has 0 unspecified atom stereocenters. The Labute approximate surface area is 113 Å². The second-order valence-electron chi connectivity index (χ2n) is 3.92. The van der Waals surface area contributed by atoms with Crippen molar-refractivity contribution in [3.63, 3.8) is 0 Å². The first-order valence-corrected chi connectivity index (χ1v) is 5.83. The monoisotopic (exact) mass is 291 g/mol. The molecule has 0 aliphatic rings. The van der Waals surface area contributed by atoms with Crippen LogP contribution in [0.25, 0.3) is 0 Å². The molecule has 0 amide bonds. The Morgan fingerprint density at radius 1 is 1.20 bits per heavy atom. The van der Waals surface area contributed by atoms with Crippen molar-refractivity contribution in [3.8, 4) is 11.8 Å². The molecule has 0 saturated heterocycles. The van der Waals surface area contributed by atoms with Gasteiger partial charge in [-0.3, -0.25) is 0 Å². The lowest BCUT2D eigenvalue weighted by Crippen LogP contribution is -2.32. The number of hydrogen-bond acceptors (Lipinski definition) is 3. The summed E-state index contributed by atoms with van der Waals surface area (Å²) in [5.41, 5.74) is 0.359. The molecule has 1 aromatic rings. The molecule has 0 aromatic heterocycles. The van der Waals surface area contributed by atoms with E-state index in [1.165, 1.54) is 0 Å². The highest BCUT2D eigenvalue weighted by atomic mass is 19.3. The highest BCUT2D eigenvalue weighted by molar-refractivity contribution is 5.42. The van der Waals surface area contributed by atoms with Crippen LogP contribution in [0.15, 0.2) is 24.3 Å². The van der Waals surface area contributed by atoms with Crippen LogP contribution in [0, 0.1) is 11.3 Å². The summed E-state index contributed by atoms with van der Waals surface area (Å²) >= 11 is 0. The van der Waals surface area contributed by atoms with E-state index in [0.717, 1.165) is 0 Å². The van der Waals surface area contributed by atoms with E-state index in [1.54, 1.807) is 24.3 Å². The maximum absolute atomic E-state index is 12.5. The molecule has 110 valence electrons. The molecular formula is C13H13F4NO2. The molecule has 0 aliphatic carbocycles. The fourth-order valence-corrected chi connectivity index (χ4v) is 1.30. The van der Waals surface area contributed by atoms with Crippen LogP contribution >= 0.6 is 0 Å². The van der Waals surface area contributed by atoms with E-state index in [1.807, 2.05) is 6.07 Å². The fraction of sp³-hybridized carbons (Fsp3) is 0.462. The van der Waals surface area contributed by atoms with Crippen molar-refractivity contribution in [2.75, 3.05) is 19.8 Å². The molecule has 0 spiro atoms. The average Bonchev–Trinajstić information content (AvgIpc) is 2.42. The number of halogens is 4. The molecule has 0 aliphatic heterocycles. The molecule has 0 heterocycles. The highest BCUT2D eigenvalue weighted by Crippen LogP contribution is 2.22. The van der Waals surface area contributed by atoms with Crippen molar-refractivity contribution in [2.45, 2.75) is 18.8 Å². The second kappa shape index (κ2) is 7.70. The fourth-order valence-electron chi connectivity index (χ4n) is 1.30. The summed E-state index contributed by atoms with van der Waals surface area (Å²) in [7, 11) is 0. The van der Waals surface area contributed by atoms with E-state index in [0.29, 0.717) is 11.3 Å². The maximum Gasteiger partial charge on any atom is 0.330 e. The topological polar surface area (TPSA) is 42.2 Å². The molecule has 0 N–H and O–H groups in total. The molecule has 0 atom stereocenters. The minimum Gasteiger partial charge on any atom is -0.492 e. The first-order valence-electron chi connectivity index (χ1n) is 5.83. The van der Waals surface area contributed by atoms with Gasteiger partial charge in [0.1, 0.15) is 18.4 Å². The molecule has 0 saturated carbocycles. The largest absolute Gasteiger partial charge is 0.492 e. The maximum atomic E-state index is 12.5. The van der Waals surface area contributed by atoms with Gasteiger partial charge in [-0.1, -0.05) is 12.1 Å². The van der Waals surface area contributed by atoms with Crippen LogP contribution in [-0.4, -0.2) is 32.2 Å². The summed E-state index contributed by atoms with van der Waals surface area (Å²) in [5, 5.41) is 8.79. The van der Waals surface area contributed by atoms with Gasteiger partial charge in [0.2, 0.25) is 0 Å². The Hall–Kier alpha value is -1.81. The van der Waals surface area contributed by atoms with Crippen molar-refractivity contribution in [3.05, 3.63) is 29.8 Å². The smallest absolute Gasteiger partial charge is 0.330 e. The van der Waals surface area contributed by atoms with Crippen LogP contribution in [0.5, 0.6) is 5.75 Å². The number of alkyl halides is 4. The number of nitriles is 1. The number of benzene rings is 1. The van der Waals surface area contributed by atoms with E-state index in [4.69, 9.17) is 10.00 Å². The van der Waals surface area contributed by atoms with Crippen LogP contribution in [0.3, 0.4) is 0 Å². The lowest BCUT2D eigenvalue weighted by Gasteiger charge is -2.15. The third kappa shape index (κ3) is 5.05. The molecule has 1 rings (SSSR count). The van der Waals surface area contributed by atoms with Gasteiger partial charge in [-0.2, -0.15) is 14.0 Å². The first kappa shape index (κ1) is 16.2. The lowest BCUT2D eigenvalue weighted by atomic mass is 10.2. The third-order valence-electron chi connectivity index (χ3n) is 2.31. The Kier molecular flexibility index (Phi) is 6.25. The van der Waals surface area contributed by atoms with Gasteiger partial charge in [-0.25, -0.2) is 8.78 Å². The summed E-state index contributed by atoms with van der Waals surface area (Å²) in [4.78, 5) is 0. The molecule has 3 nitrogen and oxygen atoms in total. The SMILES string of the molecule is N#Cc1ccccc1OCCCOCC(F)(F)C(F)F. The predicted molar refractivity (Wildman–Crippen MR) is 63.0 cm³/mol. The van der Waals surface area contributed by atoms with Gasteiger partial charge in [0.15, 0.2) is 0 Å². The number of para-hydroxylation sites is 1. The van der Waals surface area contributed by atoms with E-state index >= 15 is 0 Å². The van der Waals surface area contributed by atoms with Crippen LogP contribution in [0.2, 0.25) is 0 Å². The minimum absolute atomic E-state index is 0.128. The van der Waals surface area contributed by atoms with Gasteiger partial charge in [0.05, 0.1) is 18.8 Å². The summed E-state index contributed by atoms with van der Waals surface area (Å²) in [6, 6.07) is 8.49. The minimum atomic E-state index is -4.13. The van der Waals surface area contributed by atoms with Crippen LogP contribution in [0.1, 0.15) is 12.0 Å². The lowest BCUT2D eigenvalue weighted by molar-refractivity contribution is -0.166. The number of hydrogen-bond donors (Lipinski definition) is 0. The number of rotatable bonds is 8. The zero-order valence-electron chi connectivity index (χ0n) is 10.5. The van der Waals surface area contributed by atoms with Crippen LogP contribution < -0.4 is 4.74 Å². The summed E-state index contributed by atoms with van der Waals surface area (Å²) in [6.07, 6.45) is -3.49. The Balaban J connectivity index is 2.22. The van der Waals surface area contributed by atoms with Crippen molar-refractivity contribution >= 4 is 0 Å². The standard InChI is InChI=1S/C13H13F4NO2/c14-12(15)13(16,17)9-19-6-3-7-20-11-5-2-1-4-10(11)8-18/h1-2,4-5,12H,3,6-7,9H2. The summed E-state index contributed by atoms with van der Waals surface area (Å²) in [5.74, 6) is -3.75.